The van der Waals surface area contributed by atoms with Gasteiger partial charge in [0.25, 0.3) is 0 Å². The maximum Gasteiger partial charge on any atom is 0.146 e. The number of pyridine rings is 2. The molecule has 56 heavy (non-hydrogen) atoms. The monoisotopic (exact) mass is 733 g/mol. The first kappa shape index (κ1) is 31.8. The number of benzene rings is 6. The van der Waals surface area contributed by atoms with E-state index >= 15 is 0 Å². The first-order chi connectivity index (χ1) is 27.5. The van der Waals surface area contributed by atoms with Crippen LogP contribution in [0, 0.1) is 0 Å². The molecule has 1 spiro atoms. The van der Waals surface area contributed by atoms with E-state index in [0.717, 1.165) is 38.9 Å². The maximum atomic E-state index is 5.19. The average Bonchev–Trinajstić information content (AvgIpc) is 3.63. The molecule has 4 heterocycles. The van der Waals surface area contributed by atoms with Crippen molar-refractivity contribution in [2.24, 2.45) is 0 Å². The topological polar surface area (TPSA) is 30.7 Å². The van der Waals surface area contributed by atoms with Crippen LogP contribution in [0.1, 0.15) is 58.4 Å². The van der Waals surface area contributed by atoms with E-state index in [4.69, 9.17) is 9.97 Å². The Balaban J connectivity index is 1.15. The molecule has 4 heteroatoms. The van der Waals surface area contributed by atoms with Gasteiger partial charge >= 0.3 is 0 Å². The van der Waals surface area contributed by atoms with Crippen molar-refractivity contribution in [2.45, 2.75) is 34.5 Å². The van der Waals surface area contributed by atoms with Crippen LogP contribution in [-0.2, 0) is 10.8 Å². The van der Waals surface area contributed by atoms with Gasteiger partial charge in [0.2, 0.25) is 0 Å². The summed E-state index contributed by atoms with van der Waals surface area (Å²) in [5.74, 6) is 0.862. The zero-order valence-electron chi connectivity index (χ0n) is 31.0. The summed E-state index contributed by atoms with van der Waals surface area (Å²) in [6, 6.07) is 56.2. The molecule has 0 N–H and O–H groups in total. The fraction of sp³-hybridized carbons (Fsp3) is 0.0769. The number of hydrogen-bond donors (Lipinski definition) is 0. The molecule has 9 aromatic rings. The van der Waals surface area contributed by atoms with E-state index in [9.17, 15) is 0 Å². The zero-order valence-corrected chi connectivity index (χ0v) is 31.8. The lowest BCUT2D eigenvalue weighted by atomic mass is 9.62. The van der Waals surface area contributed by atoms with Gasteiger partial charge in [0, 0.05) is 43.9 Å². The van der Waals surface area contributed by atoms with Crippen LogP contribution >= 0.6 is 11.8 Å². The second-order valence-electron chi connectivity index (χ2n) is 15.8. The molecule has 1 atom stereocenters. The smallest absolute Gasteiger partial charge is 0.146 e. The van der Waals surface area contributed by atoms with E-state index in [-0.39, 0.29) is 5.41 Å². The van der Waals surface area contributed by atoms with Crippen LogP contribution in [0.25, 0.3) is 62.2 Å². The Morgan fingerprint density at radius 1 is 0.500 bits per heavy atom. The summed E-state index contributed by atoms with van der Waals surface area (Å²) in [4.78, 5) is 12.5. The van der Waals surface area contributed by atoms with Crippen LogP contribution in [0.5, 0.6) is 0 Å². The minimum Gasteiger partial charge on any atom is -0.278 e. The molecule has 264 valence electrons. The van der Waals surface area contributed by atoms with Crippen molar-refractivity contribution >= 4 is 45.9 Å². The number of para-hydroxylation sites is 1. The fourth-order valence-corrected chi connectivity index (χ4v) is 11.3. The zero-order chi connectivity index (χ0) is 37.2. The van der Waals surface area contributed by atoms with Crippen LogP contribution < -0.4 is 0 Å². The number of nitrogens with zero attached hydrogens (tertiary/aromatic N) is 3. The maximum absolute atomic E-state index is 5.19. The van der Waals surface area contributed by atoms with Crippen LogP contribution in [0.15, 0.2) is 174 Å². The highest BCUT2D eigenvalue weighted by atomic mass is 32.2. The van der Waals surface area contributed by atoms with E-state index in [0.29, 0.717) is 0 Å². The van der Waals surface area contributed by atoms with Crippen molar-refractivity contribution in [1.82, 2.24) is 14.5 Å². The van der Waals surface area contributed by atoms with E-state index in [1.807, 2.05) is 42.4 Å². The third-order valence-corrected chi connectivity index (χ3v) is 13.7. The number of rotatable bonds is 2. The van der Waals surface area contributed by atoms with E-state index in [2.05, 4.69) is 164 Å². The summed E-state index contributed by atoms with van der Waals surface area (Å²) in [7, 11) is 0. The summed E-state index contributed by atoms with van der Waals surface area (Å²) >= 11 is 1.92. The first-order valence-corrected chi connectivity index (χ1v) is 20.1. The van der Waals surface area contributed by atoms with Crippen molar-refractivity contribution in [3.05, 3.63) is 209 Å². The lowest BCUT2D eigenvalue weighted by Crippen LogP contribution is -2.35. The molecule has 0 saturated heterocycles. The van der Waals surface area contributed by atoms with Gasteiger partial charge < -0.3 is 0 Å². The van der Waals surface area contributed by atoms with Crippen molar-refractivity contribution < 1.29 is 0 Å². The fourth-order valence-electron chi connectivity index (χ4n) is 10.0. The molecule has 3 nitrogen and oxygen atoms in total. The second kappa shape index (κ2) is 11.5. The molecule has 0 amide bonds. The molecule has 3 aromatic heterocycles. The van der Waals surface area contributed by atoms with Gasteiger partial charge in [-0.25, -0.2) is 9.97 Å². The molecule has 12 rings (SSSR count). The Morgan fingerprint density at radius 2 is 1.25 bits per heavy atom. The van der Waals surface area contributed by atoms with E-state index in [1.54, 1.807) is 0 Å². The SMILES string of the molecule is CC1(C)c2ccccc2-c2cc3c(cc21)Sc1ccccc1C31c2ccccc2C=Cc2ccc(-c3cnc4c(c3)c3ccccc3n4-c3ccccn3)cc21. The normalized spacial score (nSPS) is 16.8. The summed E-state index contributed by atoms with van der Waals surface area (Å²) in [5.41, 5.74) is 16.8. The average molecular weight is 734 g/mol. The molecule has 0 radical (unpaired) electrons. The van der Waals surface area contributed by atoms with Crippen molar-refractivity contribution in [2.75, 3.05) is 0 Å². The highest BCUT2D eigenvalue weighted by Gasteiger charge is 2.48. The van der Waals surface area contributed by atoms with Gasteiger partial charge in [0.15, 0.2) is 0 Å². The molecule has 0 saturated carbocycles. The molecule has 0 fully saturated rings. The lowest BCUT2D eigenvalue weighted by Gasteiger charge is -2.43. The van der Waals surface area contributed by atoms with Gasteiger partial charge in [0.05, 0.1) is 10.9 Å². The highest BCUT2D eigenvalue weighted by Crippen LogP contribution is 2.61. The number of hydrogen-bond acceptors (Lipinski definition) is 3. The summed E-state index contributed by atoms with van der Waals surface area (Å²) in [5, 5.41) is 2.27. The summed E-state index contributed by atoms with van der Waals surface area (Å²) < 4.78 is 2.17. The van der Waals surface area contributed by atoms with Gasteiger partial charge in [-0.1, -0.05) is 141 Å². The van der Waals surface area contributed by atoms with E-state index < -0.39 is 5.41 Å². The third kappa shape index (κ3) is 4.20. The third-order valence-electron chi connectivity index (χ3n) is 12.6. The Bertz CT molecular complexity index is 3150. The molecule has 1 aliphatic heterocycles. The second-order valence-corrected chi connectivity index (χ2v) is 16.9. The van der Waals surface area contributed by atoms with Gasteiger partial charge in [-0.05, 0) is 110 Å². The number of aromatic nitrogens is 3. The van der Waals surface area contributed by atoms with Gasteiger partial charge in [0.1, 0.15) is 11.5 Å². The minimum atomic E-state index is -0.578. The highest BCUT2D eigenvalue weighted by molar-refractivity contribution is 7.99. The molecule has 3 aliphatic rings. The van der Waals surface area contributed by atoms with Crippen LogP contribution in [0.2, 0.25) is 0 Å². The molecular formula is C52H35N3S. The Labute approximate surface area is 330 Å². The van der Waals surface area contributed by atoms with Crippen molar-refractivity contribution in [3.8, 4) is 28.1 Å². The minimum absolute atomic E-state index is 0.0923. The standard InChI is InChI=1S/C52H35N3S/c1-51(2)41-17-7-4-14-36(41)38-29-45-48(30-44(38)51)56-47-20-10-8-18-42(47)52(45)40-16-6-3-13-32(40)22-23-33-24-25-34(28-43(33)52)35-27-39-37-15-5-9-19-46(37)55(50(39)54-31-35)49-21-11-12-26-53-49/h3-31H,1-2H3. The van der Waals surface area contributed by atoms with E-state index in [1.165, 1.54) is 65.4 Å². The molecule has 1 unspecified atom stereocenters. The molecule has 2 aliphatic carbocycles. The van der Waals surface area contributed by atoms with Crippen LogP contribution in [0.4, 0.5) is 0 Å². The Hall–Kier alpha value is -6.49. The first-order valence-electron chi connectivity index (χ1n) is 19.3. The predicted molar refractivity (Wildman–Crippen MR) is 231 cm³/mol. The predicted octanol–water partition coefficient (Wildman–Crippen LogP) is 12.9. The summed E-state index contributed by atoms with van der Waals surface area (Å²) in [6.45, 7) is 4.76. The van der Waals surface area contributed by atoms with Gasteiger partial charge in [-0.3, -0.25) is 4.57 Å². The quantitative estimate of drug-likeness (QED) is 0.177. The number of fused-ring (bicyclic) bond motifs is 14. The molecular weight excluding hydrogens is 699 g/mol. The van der Waals surface area contributed by atoms with Crippen molar-refractivity contribution in [1.29, 1.82) is 0 Å². The molecule has 0 bridgehead atoms. The van der Waals surface area contributed by atoms with Gasteiger partial charge in [-0.2, -0.15) is 0 Å². The Morgan fingerprint density at radius 3 is 2.12 bits per heavy atom. The van der Waals surface area contributed by atoms with Crippen LogP contribution in [0.3, 0.4) is 0 Å². The van der Waals surface area contributed by atoms with Gasteiger partial charge in [-0.15, -0.1) is 0 Å². The Kier molecular flexibility index (Phi) is 6.54. The molecule has 6 aromatic carbocycles. The lowest BCUT2D eigenvalue weighted by molar-refractivity contribution is 0.653. The van der Waals surface area contributed by atoms with Crippen LogP contribution in [-0.4, -0.2) is 14.5 Å². The van der Waals surface area contributed by atoms with Crippen molar-refractivity contribution in [3.63, 3.8) is 0 Å². The largest absolute Gasteiger partial charge is 0.278 e. The summed E-state index contributed by atoms with van der Waals surface area (Å²) in [6.07, 6.45) is 8.53.